The topological polar surface area (TPSA) is 72.7 Å². The second-order valence-electron chi connectivity index (χ2n) is 8.31. The predicted molar refractivity (Wildman–Crippen MR) is 134 cm³/mol. The van der Waals surface area contributed by atoms with Crippen molar-refractivity contribution >= 4 is 11.6 Å². The van der Waals surface area contributed by atoms with Gasteiger partial charge in [0, 0.05) is 5.56 Å². The van der Waals surface area contributed by atoms with Crippen molar-refractivity contribution in [2.24, 2.45) is 0 Å². The van der Waals surface area contributed by atoms with Crippen LogP contribution in [0.2, 0.25) is 0 Å². The van der Waals surface area contributed by atoms with Gasteiger partial charge in [-0.2, -0.15) is 23.4 Å². The highest BCUT2D eigenvalue weighted by atomic mass is 19.4. The van der Waals surface area contributed by atoms with Crippen LogP contribution >= 0.6 is 0 Å². The number of hydrogen-bond acceptors (Lipinski definition) is 4. The summed E-state index contributed by atoms with van der Waals surface area (Å²) in [5.74, 6) is -1.03. The third-order valence-electron chi connectivity index (χ3n) is 5.82. The summed E-state index contributed by atoms with van der Waals surface area (Å²) in [6.45, 7) is 1.79. The van der Waals surface area contributed by atoms with E-state index in [1.807, 2.05) is 66.7 Å². The molecular formula is C28H20F3N5O. The third kappa shape index (κ3) is 4.97. The Morgan fingerprint density at radius 2 is 1.41 bits per heavy atom. The summed E-state index contributed by atoms with van der Waals surface area (Å²) in [6, 6.07) is 23.9. The van der Waals surface area contributed by atoms with Crippen molar-refractivity contribution in [3.05, 3.63) is 114 Å². The molecule has 1 amide bonds. The van der Waals surface area contributed by atoms with Gasteiger partial charge in [-0.25, -0.2) is 4.98 Å². The van der Waals surface area contributed by atoms with Gasteiger partial charge in [0.1, 0.15) is 5.56 Å². The van der Waals surface area contributed by atoms with Gasteiger partial charge >= 0.3 is 6.18 Å². The molecule has 0 aliphatic heterocycles. The Balaban J connectivity index is 1.54. The minimum absolute atomic E-state index is 0.0963. The molecule has 0 atom stereocenters. The summed E-state index contributed by atoms with van der Waals surface area (Å²) in [6.07, 6.45) is -1.07. The van der Waals surface area contributed by atoms with E-state index in [1.54, 1.807) is 13.0 Å². The van der Waals surface area contributed by atoms with Crippen LogP contribution in [0.4, 0.5) is 18.9 Å². The average Bonchev–Trinajstić information content (AvgIpc) is 3.44. The molecule has 5 aromatic rings. The fraction of sp³-hybridized carbons (Fsp3) is 0.0714. The molecule has 6 nitrogen and oxygen atoms in total. The number of alkyl halides is 3. The van der Waals surface area contributed by atoms with Gasteiger partial charge in [-0.1, -0.05) is 66.7 Å². The molecule has 0 spiro atoms. The first kappa shape index (κ1) is 23.9. The zero-order valence-electron chi connectivity index (χ0n) is 19.6. The molecule has 0 aliphatic carbocycles. The molecule has 1 N–H and O–H groups in total. The highest BCUT2D eigenvalue weighted by Crippen LogP contribution is 2.36. The maximum atomic E-state index is 13.8. The van der Waals surface area contributed by atoms with Crippen molar-refractivity contribution in [3.63, 3.8) is 0 Å². The molecule has 0 aliphatic rings. The number of rotatable bonds is 5. The van der Waals surface area contributed by atoms with E-state index < -0.39 is 23.5 Å². The lowest BCUT2D eigenvalue weighted by Gasteiger charge is -2.16. The number of carbonyl (C=O) groups excluding carboxylic acids is 1. The van der Waals surface area contributed by atoms with E-state index in [1.165, 1.54) is 12.4 Å². The van der Waals surface area contributed by atoms with Crippen LogP contribution in [-0.2, 0) is 6.18 Å². The number of nitrogens with one attached hydrogen (secondary N) is 1. The Hall–Kier alpha value is -4.79. The summed E-state index contributed by atoms with van der Waals surface area (Å²) in [5.41, 5.74) is 3.52. The van der Waals surface area contributed by atoms with Crippen molar-refractivity contribution in [2.45, 2.75) is 13.1 Å². The molecule has 0 fully saturated rings. The number of nitrogens with zero attached hydrogens (tertiary/aromatic N) is 4. The van der Waals surface area contributed by atoms with Crippen LogP contribution in [0.5, 0.6) is 0 Å². The number of halogens is 3. The smallest absolute Gasteiger partial charge is 0.321 e. The minimum atomic E-state index is -4.73. The van der Waals surface area contributed by atoms with Crippen molar-refractivity contribution in [1.82, 2.24) is 20.0 Å². The van der Waals surface area contributed by atoms with Crippen molar-refractivity contribution in [1.29, 1.82) is 0 Å². The van der Waals surface area contributed by atoms with Gasteiger partial charge in [-0.15, -0.1) is 4.80 Å². The van der Waals surface area contributed by atoms with Gasteiger partial charge < -0.3 is 5.32 Å². The van der Waals surface area contributed by atoms with E-state index in [2.05, 4.69) is 20.5 Å². The van der Waals surface area contributed by atoms with Crippen LogP contribution < -0.4 is 5.32 Å². The minimum Gasteiger partial charge on any atom is -0.321 e. The van der Waals surface area contributed by atoms with Gasteiger partial charge in [0.05, 0.1) is 24.3 Å². The van der Waals surface area contributed by atoms with E-state index in [-0.39, 0.29) is 5.69 Å². The number of aromatic nitrogens is 4. The lowest BCUT2D eigenvalue weighted by Crippen LogP contribution is -2.18. The summed E-state index contributed by atoms with van der Waals surface area (Å²) in [5, 5.41) is 10.0. The highest BCUT2D eigenvalue weighted by Gasteiger charge is 2.36. The molecule has 2 heterocycles. The molecule has 0 radical (unpaired) electrons. The zero-order valence-corrected chi connectivity index (χ0v) is 19.6. The van der Waals surface area contributed by atoms with Crippen molar-refractivity contribution < 1.29 is 18.0 Å². The molecule has 184 valence electrons. The Kier molecular flexibility index (Phi) is 6.27. The van der Waals surface area contributed by atoms with Crippen LogP contribution in [0.1, 0.15) is 21.5 Å². The molecule has 0 saturated carbocycles. The standard InChI is InChI=1S/C28H20F3N5O/c1-18-14-23(19-8-4-2-5-9-19)24(20-10-6-3-7-11-20)16-22(18)27(37)35-21-15-25(28(29,30)31)26(32-17-21)36-33-12-13-34-36/h2-17H,1H3,(H,35,37). The first-order valence-electron chi connectivity index (χ1n) is 11.3. The molecule has 0 saturated heterocycles. The summed E-state index contributed by atoms with van der Waals surface area (Å²) >= 11 is 0. The number of carbonyl (C=O) groups is 1. The Bertz CT molecular complexity index is 1550. The SMILES string of the molecule is Cc1cc(-c2ccccc2)c(-c2ccccc2)cc1C(=O)Nc1cnc(-n2nccn2)c(C(F)(F)F)c1. The highest BCUT2D eigenvalue weighted by molar-refractivity contribution is 6.07. The molecule has 9 heteroatoms. The second-order valence-corrected chi connectivity index (χ2v) is 8.31. The third-order valence-corrected chi connectivity index (χ3v) is 5.82. The zero-order chi connectivity index (χ0) is 26.0. The first-order chi connectivity index (χ1) is 17.8. The van der Waals surface area contributed by atoms with E-state index in [9.17, 15) is 18.0 Å². The van der Waals surface area contributed by atoms with Crippen LogP contribution in [-0.4, -0.2) is 25.9 Å². The first-order valence-corrected chi connectivity index (χ1v) is 11.3. The van der Waals surface area contributed by atoms with Crippen LogP contribution in [0.15, 0.2) is 97.5 Å². The van der Waals surface area contributed by atoms with Crippen LogP contribution in [0, 0.1) is 6.92 Å². The van der Waals surface area contributed by atoms with Crippen molar-refractivity contribution in [3.8, 4) is 28.1 Å². The fourth-order valence-corrected chi connectivity index (χ4v) is 4.08. The van der Waals surface area contributed by atoms with E-state index in [0.717, 1.165) is 39.3 Å². The normalized spacial score (nSPS) is 11.4. The molecule has 5 rings (SSSR count). The number of aryl methyl sites for hydroxylation is 1. The molecular weight excluding hydrogens is 479 g/mol. The van der Waals surface area contributed by atoms with Crippen molar-refractivity contribution in [2.75, 3.05) is 5.32 Å². The lowest BCUT2D eigenvalue weighted by atomic mass is 9.90. The fourth-order valence-electron chi connectivity index (χ4n) is 4.08. The van der Waals surface area contributed by atoms with E-state index in [0.29, 0.717) is 11.1 Å². The van der Waals surface area contributed by atoms with Gasteiger partial charge in [-0.05, 0) is 46.9 Å². The molecule has 0 unspecified atom stereocenters. The second kappa shape index (κ2) is 9.69. The number of anilines is 1. The average molecular weight is 499 g/mol. The Morgan fingerprint density at radius 1 is 0.838 bits per heavy atom. The van der Waals surface area contributed by atoms with Crippen LogP contribution in [0.25, 0.3) is 28.1 Å². The largest absolute Gasteiger partial charge is 0.420 e. The van der Waals surface area contributed by atoms with Gasteiger partial charge in [-0.3, -0.25) is 4.79 Å². The molecule has 3 aromatic carbocycles. The lowest BCUT2D eigenvalue weighted by molar-refractivity contribution is -0.137. The summed E-state index contributed by atoms with van der Waals surface area (Å²) in [7, 11) is 0. The predicted octanol–water partition coefficient (Wildman–Crippen LogP) is 6.58. The number of hydrogen-bond donors (Lipinski definition) is 1. The maximum absolute atomic E-state index is 13.8. The Labute approximate surface area is 210 Å². The number of amides is 1. The number of pyridine rings is 1. The maximum Gasteiger partial charge on any atom is 0.420 e. The van der Waals surface area contributed by atoms with E-state index in [4.69, 9.17) is 0 Å². The monoisotopic (exact) mass is 499 g/mol. The van der Waals surface area contributed by atoms with Gasteiger partial charge in [0.15, 0.2) is 5.82 Å². The van der Waals surface area contributed by atoms with Gasteiger partial charge in [0.2, 0.25) is 0 Å². The van der Waals surface area contributed by atoms with E-state index >= 15 is 0 Å². The summed E-state index contributed by atoms with van der Waals surface area (Å²) < 4.78 is 41.3. The molecule has 0 bridgehead atoms. The number of benzene rings is 3. The molecule has 2 aromatic heterocycles. The Morgan fingerprint density at radius 3 is 1.97 bits per heavy atom. The summed E-state index contributed by atoms with van der Waals surface area (Å²) in [4.78, 5) is 18.0. The molecule has 37 heavy (non-hydrogen) atoms. The van der Waals surface area contributed by atoms with Crippen LogP contribution in [0.3, 0.4) is 0 Å². The quantitative estimate of drug-likeness (QED) is 0.297. The van der Waals surface area contributed by atoms with Gasteiger partial charge in [0.25, 0.3) is 5.91 Å².